The van der Waals surface area contributed by atoms with Gasteiger partial charge in [-0.05, 0) is 62.1 Å². The molecule has 0 spiro atoms. The average molecular weight is 372 g/mol. The van der Waals surface area contributed by atoms with Crippen molar-refractivity contribution in [1.29, 1.82) is 0 Å². The van der Waals surface area contributed by atoms with Crippen molar-refractivity contribution in [1.82, 2.24) is 9.97 Å². The number of hydrogen-bond acceptors (Lipinski definition) is 3. The highest BCUT2D eigenvalue weighted by atomic mass is 15.2. The van der Waals surface area contributed by atoms with Crippen molar-refractivity contribution >= 4 is 16.7 Å². The van der Waals surface area contributed by atoms with E-state index in [4.69, 9.17) is 9.97 Å². The van der Waals surface area contributed by atoms with Crippen LogP contribution in [-0.4, -0.2) is 23.1 Å². The SMILES string of the molecule is Cc1cccc2nc(C3CCC3)nc(N3CCC(Cc4ccccc4)CC3)c12. The molecule has 3 aromatic rings. The van der Waals surface area contributed by atoms with Crippen molar-refractivity contribution in [3.8, 4) is 0 Å². The molecule has 0 atom stereocenters. The fourth-order valence-corrected chi connectivity index (χ4v) is 4.72. The van der Waals surface area contributed by atoms with Gasteiger partial charge in [0.25, 0.3) is 0 Å². The zero-order valence-corrected chi connectivity index (χ0v) is 16.8. The van der Waals surface area contributed by atoms with Gasteiger partial charge in [-0.15, -0.1) is 0 Å². The van der Waals surface area contributed by atoms with Crippen LogP contribution in [0.5, 0.6) is 0 Å². The zero-order valence-electron chi connectivity index (χ0n) is 16.8. The lowest BCUT2D eigenvalue weighted by Crippen LogP contribution is -2.35. The second-order valence-electron chi connectivity index (χ2n) is 8.62. The van der Waals surface area contributed by atoms with Crippen LogP contribution in [0.3, 0.4) is 0 Å². The Labute approximate surface area is 167 Å². The number of hydrogen-bond donors (Lipinski definition) is 0. The number of fused-ring (bicyclic) bond motifs is 1. The highest BCUT2D eigenvalue weighted by Gasteiger charge is 2.27. The molecule has 2 aliphatic rings. The molecule has 5 rings (SSSR count). The van der Waals surface area contributed by atoms with E-state index in [-0.39, 0.29) is 0 Å². The molecule has 2 aromatic carbocycles. The van der Waals surface area contributed by atoms with Gasteiger partial charge in [0.1, 0.15) is 11.6 Å². The van der Waals surface area contributed by atoms with E-state index in [1.165, 1.54) is 60.9 Å². The number of nitrogens with zero attached hydrogens (tertiary/aromatic N) is 3. The first-order chi connectivity index (χ1) is 13.8. The average Bonchev–Trinajstić information content (AvgIpc) is 2.68. The molecule has 0 N–H and O–H groups in total. The summed E-state index contributed by atoms with van der Waals surface area (Å²) in [7, 11) is 0. The summed E-state index contributed by atoms with van der Waals surface area (Å²) in [6, 6.07) is 17.4. The van der Waals surface area contributed by atoms with Gasteiger partial charge in [0.05, 0.1) is 5.52 Å². The maximum absolute atomic E-state index is 5.13. The van der Waals surface area contributed by atoms with Crippen LogP contribution in [-0.2, 0) is 6.42 Å². The molecule has 144 valence electrons. The van der Waals surface area contributed by atoms with Gasteiger partial charge >= 0.3 is 0 Å². The molecular formula is C25H29N3. The fraction of sp³-hybridized carbons (Fsp3) is 0.440. The van der Waals surface area contributed by atoms with Crippen molar-refractivity contribution in [3.05, 3.63) is 65.5 Å². The number of anilines is 1. The molecule has 1 aromatic heterocycles. The van der Waals surface area contributed by atoms with Gasteiger partial charge < -0.3 is 4.90 Å². The quantitative estimate of drug-likeness (QED) is 0.592. The standard InChI is InChI=1S/C25H29N3/c1-18-7-5-12-22-23(18)25(27-24(26-22)21-10-6-11-21)28-15-13-20(14-16-28)17-19-8-3-2-4-9-19/h2-5,7-9,12,20-21H,6,10-11,13-17H2,1H3. The third-order valence-electron chi connectivity index (χ3n) is 6.68. The van der Waals surface area contributed by atoms with Crippen molar-refractivity contribution < 1.29 is 0 Å². The van der Waals surface area contributed by atoms with Crippen LogP contribution >= 0.6 is 0 Å². The highest BCUT2D eigenvalue weighted by Crippen LogP contribution is 2.38. The normalized spacial score (nSPS) is 18.4. The van der Waals surface area contributed by atoms with Gasteiger partial charge in [-0.25, -0.2) is 9.97 Å². The summed E-state index contributed by atoms with van der Waals surface area (Å²) in [6.45, 7) is 4.39. The molecule has 1 aliphatic heterocycles. The first kappa shape index (κ1) is 17.7. The van der Waals surface area contributed by atoms with Crippen molar-refractivity contribution in [3.63, 3.8) is 0 Å². The molecule has 1 saturated heterocycles. The lowest BCUT2D eigenvalue weighted by molar-refractivity contribution is 0.394. The van der Waals surface area contributed by atoms with Crippen LogP contribution in [0.2, 0.25) is 0 Å². The molecule has 0 radical (unpaired) electrons. The minimum Gasteiger partial charge on any atom is -0.356 e. The molecule has 1 saturated carbocycles. The van der Waals surface area contributed by atoms with E-state index < -0.39 is 0 Å². The van der Waals surface area contributed by atoms with Gasteiger partial charge in [0, 0.05) is 24.4 Å². The summed E-state index contributed by atoms with van der Waals surface area (Å²) in [4.78, 5) is 12.6. The summed E-state index contributed by atoms with van der Waals surface area (Å²) < 4.78 is 0. The predicted octanol–water partition coefficient (Wildman–Crippen LogP) is 5.66. The predicted molar refractivity (Wildman–Crippen MR) is 116 cm³/mol. The minimum atomic E-state index is 0.569. The summed E-state index contributed by atoms with van der Waals surface area (Å²) in [6.07, 6.45) is 7.49. The molecule has 1 aliphatic carbocycles. The number of piperidine rings is 1. The fourth-order valence-electron chi connectivity index (χ4n) is 4.72. The Morgan fingerprint density at radius 1 is 0.893 bits per heavy atom. The Morgan fingerprint density at radius 2 is 1.68 bits per heavy atom. The van der Waals surface area contributed by atoms with E-state index in [0.717, 1.165) is 30.3 Å². The summed E-state index contributed by atoms with van der Waals surface area (Å²) in [5, 5.41) is 1.26. The second kappa shape index (κ2) is 7.54. The van der Waals surface area contributed by atoms with E-state index >= 15 is 0 Å². The van der Waals surface area contributed by atoms with Gasteiger partial charge in [0.2, 0.25) is 0 Å². The van der Waals surface area contributed by atoms with Crippen LogP contribution in [0.1, 0.15) is 55.0 Å². The molecule has 28 heavy (non-hydrogen) atoms. The van der Waals surface area contributed by atoms with Gasteiger partial charge in [-0.1, -0.05) is 48.9 Å². The Morgan fingerprint density at radius 3 is 2.39 bits per heavy atom. The smallest absolute Gasteiger partial charge is 0.140 e. The lowest BCUT2D eigenvalue weighted by atomic mass is 9.84. The molecule has 0 unspecified atom stereocenters. The number of aromatic nitrogens is 2. The highest BCUT2D eigenvalue weighted by molar-refractivity contribution is 5.92. The Balaban J connectivity index is 1.40. The third-order valence-corrected chi connectivity index (χ3v) is 6.68. The first-order valence-electron chi connectivity index (χ1n) is 10.8. The minimum absolute atomic E-state index is 0.569. The van der Waals surface area contributed by atoms with Crippen LogP contribution in [0.4, 0.5) is 5.82 Å². The Hall–Kier alpha value is -2.42. The van der Waals surface area contributed by atoms with Crippen LogP contribution in [0.15, 0.2) is 48.5 Å². The molecule has 0 bridgehead atoms. The second-order valence-corrected chi connectivity index (χ2v) is 8.62. The third kappa shape index (κ3) is 3.39. The van der Waals surface area contributed by atoms with E-state index in [9.17, 15) is 0 Å². The zero-order chi connectivity index (χ0) is 18.9. The number of aryl methyl sites for hydroxylation is 1. The lowest BCUT2D eigenvalue weighted by Gasteiger charge is -2.34. The first-order valence-corrected chi connectivity index (χ1v) is 10.8. The van der Waals surface area contributed by atoms with E-state index in [1.807, 2.05) is 0 Å². The largest absolute Gasteiger partial charge is 0.356 e. The Bertz CT molecular complexity index is 954. The van der Waals surface area contributed by atoms with Gasteiger partial charge in [-0.3, -0.25) is 0 Å². The molecule has 2 fully saturated rings. The van der Waals surface area contributed by atoms with Crippen LogP contribution in [0, 0.1) is 12.8 Å². The van der Waals surface area contributed by atoms with Crippen molar-refractivity contribution in [2.24, 2.45) is 5.92 Å². The van der Waals surface area contributed by atoms with Crippen molar-refractivity contribution in [2.45, 2.75) is 51.4 Å². The number of rotatable bonds is 4. The Kier molecular flexibility index (Phi) is 4.76. The van der Waals surface area contributed by atoms with Gasteiger partial charge in [-0.2, -0.15) is 0 Å². The topological polar surface area (TPSA) is 29.0 Å². The van der Waals surface area contributed by atoms with Crippen molar-refractivity contribution in [2.75, 3.05) is 18.0 Å². The van der Waals surface area contributed by atoms with E-state index in [1.54, 1.807) is 0 Å². The molecular weight excluding hydrogens is 342 g/mol. The molecule has 2 heterocycles. The summed E-state index contributed by atoms with van der Waals surface area (Å²) in [5.41, 5.74) is 3.88. The van der Waals surface area contributed by atoms with Crippen LogP contribution < -0.4 is 4.90 Å². The van der Waals surface area contributed by atoms with E-state index in [0.29, 0.717) is 5.92 Å². The van der Waals surface area contributed by atoms with E-state index in [2.05, 4.69) is 60.4 Å². The van der Waals surface area contributed by atoms with Gasteiger partial charge in [0.15, 0.2) is 0 Å². The molecule has 3 heteroatoms. The maximum Gasteiger partial charge on any atom is 0.140 e. The van der Waals surface area contributed by atoms with Crippen LogP contribution in [0.25, 0.3) is 10.9 Å². The number of benzene rings is 2. The molecule has 3 nitrogen and oxygen atoms in total. The molecule has 0 amide bonds. The maximum atomic E-state index is 5.13. The summed E-state index contributed by atoms with van der Waals surface area (Å²) >= 11 is 0. The monoisotopic (exact) mass is 371 g/mol. The summed E-state index contributed by atoms with van der Waals surface area (Å²) in [5.74, 6) is 3.60.